The van der Waals surface area contributed by atoms with E-state index < -0.39 is 34.1 Å². The number of rotatable bonds is 4. The Morgan fingerprint density at radius 1 is 1.03 bits per heavy atom. The monoisotopic (exact) mass is 450 g/mol. The number of aromatic nitrogens is 2. The first-order valence-electron chi connectivity index (χ1n) is 9.87. The third-order valence-electron chi connectivity index (χ3n) is 5.47. The highest BCUT2D eigenvalue weighted by Crippen LogP contribution is 2.33. The second-order valence-corrected chi connectivity index (χ2v) is 9.91. The first-order chi connectivity index (χ1) is 15.2. The summed E-state index contributed by atoms with van der Waals surface area (Å²) in [5, 5.41) is 7.11. The van der Waals surface area contributed by atoms with Crippen LogP contribution in [0.5, 0.6) is 0 Å². The number of hydrogen-bond donors (Lipinski definition) is 1. The molecule has 1 N–H and O–H groups in total. The summed E-state index contributed by atoms with van der Waals surface area (Å²) in [6.07, 6.45) is 0. The van der Waals surface area contributed by atoms with Crippen LogP contribution in [0.1, 0.15) is 37.5 Å². The van der Waals surface area contributed by atoms with E-state index in [1.807, 2.05) is 25.1 Å². The molecule has 3 amide bonds. The van der Waals surface area contributed by atoms with Gasteiger partial charge in [-0.25, -0.2) is 13.1 Å². The van der Waals surface area contributed by atoms with E-state index in [4.69, 9.17) is 0 Å². The standard InChI is InChI=1S/C22H18N4O5S/c1-13-5-4-6-14(9-13)26-20(17-11-32(30,31)12-18(17)24-26)23-19(27)10-25-21(28)15-7-2-3-8-16(15)22(25)29/h2-9H,10-12H2,1H3,(H,23,27). The molecule has 2 aliphatic heterocycles. The highest BCUT2D eigenvalue weighted by molar-refractivity contribution is 7.90. The van der Waals surface area contributed by atoms with Crippen LogP contribution in [-0.2, 0) is 26.1 Å². The second-order valence-electron chi connectivity index (χ2n) is 7.85. The Kier molecular flexibility index (Phi) is 4.48. The highest BCUT2D eigenvalue weighted by atomic mass is 32.2. The van der Waals surface area contributed by atoms with Crippen molar-refractivity contribution in [2.45, 2.75) is 18.4 Å². The molecule has 0 atom stereocenters. The van der Waals surface area contributed by atoms with Crippen LogP contribution in [0.15, 0.2) is 48.5 Å². The van der Waals surface area contributed by atoms with Crippen LogP contribution in [0.4, 0.5) is 5.82 Å². The maximum atomic E-state index is 12.9. The molecule has 32 heavy (non-hydrogen) atoms. The third kappa shape index (κ3) is 3.28. The number of aryl methyl sites for hydroxylation is 1. The zero-order valence-corrected chi connectivity index (χ0v) is 17.8. The second kappa shape index (κ2) is 7.13. The average molecular weight is 450 g/mol. The highest BCUT2D eigenvalue weighted by Gasteiger charge is 2.37. The van der Waals surface area contributed by atoms with Gasteiger partial charge in [0, 0.05) is 5.56 Å². The molecule has 0 saturated carbocycles. The minimum Gasteiger partial charge on any atom is -0.309 e. The van der Waals surface area contributed by atoms with Crippen molar-refractivity contribution in [1.29, 1.82) is 0 Å². The molecule has 3 heterocycles. The molecular weight excluding hydrogens is 432 g/mol. The molecule has 0 aliphatic carbocycles. The summed E-state index contributed by atoms with van der Waals surface area (Å²) in [7, 11) is -3.35. The lowest BCUT2D eigenvalue weighted by atomic mass is 10.1. The normalized spacial score (nSPS) is 16.2. The fourth-order valence-electron chi connectivity index (χ4n) is 4.02. The molecule has 0 saturated heterocycles. The van der Waals surface area contributed by atoms with E-state index in [1.165, 1.54) is 16.8 Å². The predicted molar refractivity (Wildman–Crippen MR) is 115 cm³/mol. The quantitative estimate of drug-likeness (QED) is 0.606. The lowest BCUT2D eigenvalue weighted by Gasteiger charge is -2.15. The average Bonchev–Trinajstić information content (AvgIpc) is 3.31. The molecule has 0 fully saturated rings. The first kappa shape index (κ1) is 20.1. The Balaban J connectivity index is 1.46. The SMILES string of the molecule is Cc1cccc(-n2nc3c(c2NC(=O)CN2C(=O)c4ccccc4C2=O)CS(=O)(=O)C3)c1. The number of amides is 3. The van der Waals surface area contributed by atoms with Gasteiger partial charge in [-0.3, -0.25) is 19.3 Å². The summed E-state index contributed by atoms with van der Waals surface area (Å²) >= 11 is 0. The maximum Gasteiger partial charge on any atom is 0.262 e. The van der Waals surface area contributed by atoms with Gasteiger partial charge in [0.25, 0.3) is 11.8 Å². The van der Waals surface area contributed by atoms with E-state index in [0.717, 1.165) is 10.5 Å². The predicted octanol–water partition coefficient (Wildman–Crippen LogP) is 1.84. The van der Waals surface area contributed by atoms with Gasteiger partial charge in [0.2, 0.25) is 5.91 Å². The van der Waals surface area contributed by atoms with Gasteiger partial charge in [-0.05, 0) is 36.8 Å². The fourth-order valence-corrected chi connectivity index (χ4v) is 5.51. The molecule has 1 aromatic heterocycles. The summed E-state index contributed by atoms with van der Waals surface area (Å²) < 4.78 is 25.7. The molecule has 5 rings (SSSR count). The number of carbonyl (C=O) groups is 3. The summed E-state index contributed by atoms with van der Waals surface area (Å²) in [6.45, 7) is 1.42. The Morgan fingerprint density at radius 2 is 1.72 bits per heavy atom. The van der Waals surface area contributed by atoms with Gasteiger partial charge in [-0.2, -0.15) is 5.10 Å². The van der Waals surface area contributed by atoms with Crippen LogP contribution in [0.3, 0.4) is 0 Å². The smallest absolute Gasteiger partial charge is 0.262 e. The molecular formula is C22H18N4O5S. The number of benzene rings is 2. The molecule has 9 nitrogen and oxygen atoms in total. The minimum atomic E-state index is -3.35. The van der Waals surface area contributed by atoms with Crippen molar-refractivity contribution in [3.8, 4) is 5.69 Å². The van der Waals surface area contributed by atoms with E-state index in [2.05, 4.69) is 10.4 Å². The maximum absolute atomic E-state index is 12.9. The summed E-state index contributed by atoms with van der Waals surface area (Å²) in [5.41, 5.74) is 2.93. The van der Waals surface area contributed by atoms with Crippen LogP contribution in [-0.4, -0.2) is 47.4 Å². The Labute approximate surface area is 183 Å². The van der Waals surface area contributed by atoms with Crippen molar-refractivity contribution >= 4 is 33.4 Å². The number of carbonyl (C=O) groups excluding carboxylic acids is 3. The van der Waals surface area contributed by atoms with Gasteiger partial charge < -0.3 is 5.32 Å². The molecule has 10 heteroatoms. The number of fused-ring (bicyclic) bond motifs is 2. The lowest BCUT2D eigenvalue weighted by molar-refractivity contribution is -0.116. The summed E-state index contributed by atoms with van der Waals surface area (Å²) in [4.78, 5) is 38.9. The largest absolute Gasteiger partial charge is 0.309 e. The first-order valence-corrected chi connectivity index (χ1v) is 11.7. The molecule has 3 aromatic rings. The minimum absolute atomic E-state index is 0.206. The van der Waals surface area contributed by atoms with Crippen LogP contribution < -0.4 is 5.32 Å². The summed E-state index contributed by atoms with van der Waals surface area (Å²) in [6, 6.07) is 13.8. The van der Waals surface area contributed by atoms with E-state index in [0.29, 0.717) is 16.9 Å². The van der Waals surface area contributed by atoms with Crippen LogP contribution >= 0.6 is 0 Å². The molecule has 0 unspecified atom stereocenters. The van der Waals surface area contributed by atoms with Crippen molar-refractivity contribution in [1.82, 2.24) is 14.7 Å². The van der Waals surface area contributed by atoms with E-state index >= 15 is 0 Å². The van der Waals surface area contributed by atoms with Gasteiger partial charge in [-0.15, -0.1) is 0 Å². The lowest BCUT2D eigenvalue weighted by Crippen LogP contribution is -2.37. The number of hydrogen-bond acceptors (Lipinski definition) is 6. The van der Waals surface area contributed by atoms with Gasteiger partial charge in [0.05, 0.1) is 34.0 Å². The van der Waals surface area contributed by atoms with Gasteiger partial charge in [0.15, 0.2) is 9.84 Å². The van der Waals surface area contributed by atoms with Crippen molar-refractivity contribution in [2.24, 2.45) is 0 Å². The van der Waals surface area contributed by atoms with Gasteiger partial charge in [0.1, 0.15) is 12.4 Å². The topological polar surface area (TPSA) is 118 Å². The van der Waals surface area contributed by atoms with Crippen molar-refractivity contribution in [2.75, 3.05) is 11.9 Å². The van der Waals surface area contributed by atoms with Gasteiger partial charge >= 0.3 is 0 Å². The molecule has 0 radical (unpaired) electrons. The molecule has 162 valence electrons. The molecule has 2 aromatic carbocycles. The number of nitrogens with zero attached hydrogens (tertiary/aromatic N) is 3. The Morgan fingerprint density at radius 3 is 2.38 bits per heavy atom. The molecule has 0 spiro atoms. The van der Waals surface area contributed by atoms with Crippen LogP contribution in [0.25, 0.3) is 5.69 Å². The number of sulfone groups is 1. The fraction of sp³-hybridized carbons (Fsp3) is 0.182. The molecule has 0 bridgehead atoms. The Hall–Kier alpha value is -3.79. The van der Waals surface area contributed by atoms with E-state index in [1.54, 1.807) is 18.2 Å². The van der Waals surface area contributed by atoms with Crippen molar-refractivity contribution < 1.29 is 22.8 Å². The van der Waals surface area contributed by atoms with E-state index in [-0.39, 0.29) is 28.5 Å². The van der Waals surface area contributed by atoms with Crippen molar-refractivity contribution in [3.63, 3.8) is 0 Å². The third-order valence-corrected chi connectivity index (χ3v) is 6.91. The zero-order chi connectivity index (χ0) is 22.6. The van der Waals surface area contributed by atoms with Gasteiger partial charge in [-0.1, -0.05) is 24.3 Å². The number of anilines is 1. The zero-order valence-electron chi connectivity index (χ0n) is 17.0. The number of nitrogens with one attached hydrogen (secondary N) is 1. The summed E-state index contributed by atoms with van der Waals surface area (Å²) in [5.74, 6) is -1.92. The van der Waals surface area contributed by atoms with E-state index in [9.17, 15) is 22.8 Å². The van der Waals surface area contributed by atoms with Crippen molar-refractivity contribution in [3.05, 3.63) is 76.5 Å². The van der Waals surface area contributed by atoms with Crippen LogP contribution in [0, 0.1) is 6.92 Å². The van der Waals surface area contributed by atoms with Crippen LogP contribution in [0.2, 0.25) is 0 Å². The molecule has 2 aliphatic rings. The Bertz CT molecular complexity index is 1390. The number of imide groups is 1.